The van der Waals surface area contributed by atoms with Gasteiger partial charge in [-0.15, -0.1) is 0 Å². The lowest BCUT2D eigenvalue weighted by Crippen LogP contribution is -2.31. The van der Waals surface area contributed by atoms with Gasteiger partial charge in [-0.3, -0.25) is 0 Å². The molecule has 0 radical (unpaired) electrons. The van der Waals surface area contributed by atoms with Crippen LogP contribution in [0.3, 0.4) is 0 Å². The summed E-state index contributed by atoms with van der Waals surface area (Å²) < 4.78 is 5.27. The molecule has 0 aliphatic carbocycles. The summed E-state index contributed by atoms with van der Waals surface area (Å²) in [6.07, 6.45) is 0.927. The molecule has 0 saturated carbocycles. The molecule has 2 heterocycles. The standard InChI is InChI=1S/C9H11ClN2O3S/c1-12(5-2-3-15-4-5)9-11-7(10)6(16-9)8(13)14/h5H,2-4H2,1H3,(H,13,14). The van der Waals surface area contributed by atoms with Crippen LogP contribution in [0.1, 0.15) is 16.1 Å². The average Bonchev–Trinajstić information content (AvgIpc) is 2.84. The Labute approximate surface area is 102 Å². The third-order valence-electron chi connectivity index (χ3n) is 2.52. The van der Waals surface area contributed by atoms with Crippen LogP contribution in [0.4, 0.5) is 5.13 Å². The van der Waals surface area contributed by atoms with Crippen LogP contribution >= 0.6 is 22.9 Å². The molecule has 7 heteroatoms. The summed E-state index contributed by atoms with van der Waals surface area (Å²) in [7, 11) is 1.88. The summed E-state index contributed by atoms with van der Waals surface area (Å²) in [6, 6.07) is 0.254. The van der Waals surface area contributed by atoms with Gasteiger partial charge in [0.05, 0.1) is 12.6 Å². The molecule has 2 rings (SSSR count). The van der Waals surface area contributed by atoms with E-state index in [0.29, 0.717) is 11.7 Å². The molecule has 1 aromatic rings. The number of hydrogen-bond acceptors (Lipinski definition) is 5. The Bertz CT molecular complexity index is 403. The smallest absolute Gasteiger partial charge is 0.349 e. The van der Waals surface area contributed by atoms with Gasteiger partial charge in [-0.05, 0) is 6.42 Å². The first-order chi connectivity index (χ1) is 7.59. The molecule has 1 aromatic heterocycles. The fourth-order valence-electron chi connectivity index (χ4n) is 1.56. The van der Waals surface area contributed by atoms with E-state index in [-0.39, 0.29) is 16.1 Å². The number of carboxylic acid groups (broad SMARTS) is 1. The normalized spacial score (nSPS) is 20.0. The molecule has 0 bridgehead atoms. The van der Waals surface area contributed by atoms with Crippen molar-refractivity contribution in [1.82, 2.24) is 4.98 Å². The van der Waals surface area contributed by atoms with E-state index in [1.165, 1.54) is 0 Å². The van der Waals surface area contributed by atoms with Crippen molar-refractivity contribution in [2.45, 2.75) is 12.5 Å². The summed E-state index contributed by atoms with van der Waals surface area (Å²) in [5, 5.41) is 9.55. The zero-order valence-electron chi connectivity index (χ0n) is 8.64. The second-order valence-corrected chi connectivity index (χ2v) is 4.89. The predicted molar refractivity (Wildman–Crippen MR) is 61.7 cm³/mol. The number of carboxylic acids is 1. The maximum Gasteiger partial charge on any atom is 0.349 e. The molecule has 0 spiro atoms. The molecule has 1 unspecified atom stereocenters. The maximum absolute atomic E-state index is 10.8. The maximum atomic E-state index is 10.8. The second-order valence-electron chi connectivity index (χ2n) is 3.55. The lowest BCUT2D eigenvalue weighted by atomic mass is 10.2. The topological polar surface area (TPSA) is 62.7 Å². The third-order valence-corrected chi connectivity index (χ3v) is 4.04. The monoisotopic (exact) mass is 262 g/mol. The molecule has 0 amide bonds. The number of anilines is 1. The minimum Gasteiger partial charge on any atom is -0.477 e. The van der Waals surface area contributed by atoms with Crippen LogP contribution in [0.15, 0.2) is 0 Å². The summed E-state index contributed by atoms with van der Waals surface area (Å²) >= 11 is 6.84. The minimum atomic E-state index is -1.04. The number of aromatic carboxylic acids is 1. The van der Waals surface area contributed by atoms with Crippen LogP contribution in [0.5, 0.6) is 0 Å². The highest BCUT2D eigenvalue weighted by atomic mass is 35.5. The average molecular weight is 263 g/mol. The Hall–Kier alpha value is -0.850. The molecule has 5 nitrogen and oxygen atoms in total. The Morgan fingerprint density at radius 2 is 2.50 bits per heavy atom. The van der Waals surface area contributed by atoms with Crippen molar-refractivity contribution in [3.05, 3.63) is 10.0 Å². The van der Waals surface area contributed by atoms with E-state index >= 15 is 0 Å². The van der Waals surface area contributed by atoms with Crippen LogP contribution in [0, 0.1) is 0 Å². The molecule has 1 atom stereocenters. The predicted octanol–water partition coefficient (Wildman–Crippen LogP) is 1.72. The zero-order valence-corrected chi connectivity index (χ0v) is 10.2. The minimum absolute atomic E-state index is 0.0539. The Balaban J connectivity index is 2.20. The molecule has 88 valence electrons. The van der Waals surface area contributed by atoms with E-state index in [0.717, 1.165) is 24.4 Å². The van der Waals surface area contributed by atoms with E-state index < -0.39 is 5.97 Å². The van der Waals surface area contributed by atoms with Crippen LogP contribution in [0.25, 0.3) is 0 Å². The van der Waals surface area contributed by atoms with Crippen LogP contribution in [-0.2, 0) is 4.74 Å². The van der Waals surface area contributed by atoms with E-state index in [9.17, 15) is 4.79 Å². The zero-order chi connectivity index (χ0) is 11.7. The molecule has 1 aliphatic heterocycles. The molecule has 1 N–H and O–H groups in total. The number of carbonyl (C=O) groups is 1. The number of aromatic nitrogens is 1. The van der Waals surface area contributed by atoms with Crippen LogP contribution in [-0.4, -0.2) is 42.4 Å². The molecule has 0 aromatic carbocycles. The highest BCUT2D eigenvalue weighted by Crippen LogP contribution is 2.31. The SMILES string of the molecule is CN(c1nc(Cl)c(C(=O)O)s1)C1CCOC1. The summed E-state index contributed by atoms with van der Waals surface area (Å²) in [5.41, 5.74) is 0. The van der Waals surface area contributed by atoms with Crippen molar-refractivity contribution in [2.75, 3.05) is 25.2 Å². The van der Waals surface area contributed by atoms with Gasteiger partial charge in [-0.1, -0.05) is 22.9 Å². The van der Waals surface area contributed by atoms with E-state index in [4.69, 9.17) is 21.4 Å². The van der Waals surface area contributed by atoms with Gasteiger partial charge in [0.15, 0.2) is 15.2 Å². The Morgan fingerprint density at radius 3 is 3.00 bits per heavy atom. The van der Waals surface area contributed by atoms with Gasteiger partial charge in [0.25, 0.3) is 0 Å². The fourth-order valence-corrected chi connectivity index (χ4v) is 2.71. The number of hydrogen-bond donors (Lipinski definition) is 1. The van der Waals surface area contributed by atoms with Crippen molar-refractivity contribution in [3.8, 4) is 0 Å². The van der Waals surface area contributed by atoms with Gasteiger partial charge >= 0.3 is 5.97 Å². The largest absolute Gasteiger partial charge is 0.477 e. The van der Waals surface area contributed by atoms with Gasteiger partial charge in [-0.25, -0.2) is 9.78 Å². The number of likely N-dealkylation sites (N-methyl/N-ethyl adjacent to an activating group) is 1. The molecular weight excluding hydrogens is 252 g/mol. The summed E-state index contributed by atoms with van der Waals surface area (Å²) in [5.74, 6) is -1.04. The molecule has 1 saturated heterocycles. The Morgan fingerprint density at radius 1 is 1.75 bits per heavy atom. The Kier molecular flexibility index (Phi) is 3.32. The third kappa shape index (κ3) is 2.14. The van der Waals surface area contributed by atoms with E-state index in [2.05, 4.69) is 4.98 Å². The van der Waals surface area contributed by atoms with Gasteiger partial charge in [0.1, 0.15) is 0 Å². The number of thiazole rings is 1. The molecule has 1 aliphatic rings. The number of halogens is 1. The van der Waals surface area contributed by atoms with Gasteiger partial charge < -0.3 is 14.7 Å². The van der Waals surface area contributed by atoms with Crippen molar-refractivity contribution in [3.63, 3.8) is 0 Å². The second kappa shape index (κ2) is 4.57. The molecule has 16 heavy (non-hydrogen) atoms. The van der Waals surface area contributed by atoms with Crippen LogP contribution in [0.2, 0.25) is 5.15 Å². The van der Waals surface area contributed by atoms with Crippen molar-refractivity contribution < 1.29 is 14.6 Å². The first kappa shape index (κ1) is 11.6. The fraction of sp³-hybridized carbons (Fsp3) is 0.556. The molecular formula is C9H11ClN2O3S. The quantitative estimate of drug-likeness (QED) is 0.899. The van der Waals surface area contributed by atoms with Crippen molar-refractivity contribution in [1.29, 1.82) is 0 Å². The van der Waals surface area contributed by atoms with Crippen molar-refractivity contribution >= 4 is 34.0 Å². The lowest BCUT2D eigenvalue weighted by Gasteiger charge is -2.21. The van der Waals surface area contributed by atoms with Gasteiger partial charge in [0, 0.05) is 13.7 Å². The highest BCUT2D eigenvalue weighted by molar-refractivity contribution is 7.18. The summed E-state index contributed by atoms with van der Waals surface area (Å²) in [4.78, 5) is 16.9. The van der Waals surface area contributed by atoms with E-state index in [1.54, 1.807) is 0 Å². The highest BCUT2D eigenvalue weighted by Gasteiger charge is 2.25. The first-order valence-corrected chi connectivity index (χ1v) is 5.99. The van der Waals surface area contributed by atoms with Gasteiger partial charge in [0.2, 0.25) is 0 Å². The number of ether oxygens (including phenoxy) is 1. The number of rotatable bonds is 3. The first-order valence-electron chi connectivity index (χ1n) is 4.80. The molecule has 1 fully saturated rings. The summed E-state index contributed by atoms with van der Waals surface area (Å²) in [6.45, 7) is 1.38. The van der Waals surface area contributed by atoms with Crippen LogP contribution < -0.4 is 4.90 Å². The number of nitrogens with zero attached hydrogens (tertiary/aromatic N) is 2. The van der Waals surface area contributed by atoms with Gasteiger partial charge in [-0.2, -0.15) is 0 Å². The lowest BCUT2D eigenvalue weighted by molar-refractivity contribution is 0.0702. The van der Waals surface area contributed by atoms with Crippen molar-refractivity contribution in [2.24, 2.45) is 0 Å². The van der Waals surface area contributed by atoms with E-state index in [1.807, 2.05) is 11.9 Å².